The van der Waals surface area contributed by atoms with Gasteiger partial charge in [-0.15, -0.1) is 0 Å². The van der Waals surface area contributed by atoms with Gasteiger partial charge in [-0.3, -0.25) is 4.90 Å². The molecule has 0 aromatic heterocycles. The summed E-state index contributed by atoms with van der Waals surface area (Å²) in [6.07, 6.45) is -1.81. The van der Waals surface area contributed by atoms with Gasteiger partial charge in [0.25, 0.3) is 0 Å². The molecule has 1 fully saturated rings. The van der Waals surface area contributed by atoms with Crippen LogP contribution in [0.3, 0.4) is 0 Å². The van der Waals surface area contributed by atoms with Gasteiger partial charge in [0.2, 0.25) is 0 Å². The zero-order valence-corrected chi connectivity index (χ0v) is 6.09. The van der Waals surface area contributed by atoms with Crippen molar-refractivity contribution in [3.8, 4) is 0 Å². The molecule has 5 heteroatoms. The highest BCUT2D eigenvalue weighted by Crippen LogP contribution is 2.16. The number of β-amino-alcohol motifs (C(OH)–C–C–N with tert-alkyl or cyclic N) is 1. The molecule has 1 aliphatic heterocycles. The van der Waals surface area contributed by atoms with Gasteiger partial charge in [0, 0.05) is 6.54 Å². The fourth-order valence-corrected chi connectivity index (χ4v) is 1.34. The van der Waals surface area contributed by atoms with E-state index in [1.54, 1.807) is 0 Å². The molecule has 66 valence electrons. The molecule has 1 rings (SSSR count). The SMILES string of the molecule is OCC1[C@@H](O)[C@H](O)CN1CO. The van der Waals surface area contributed by atoms with E-state index >= 15 is 0 Å². The highest BCUT2D eigenvalue weighted by Gasteiger charge is 2.38. The first-order valence-electron chi connectivity index (χ1n) is 3.52. The molecule has 0 bridgehead atoms. The number of aliphatic hydroxyl groups excluding tert-OH is 4. The zero-order chi connectivity index (χ0) is 8.43. The molecule has 0 aliphatic carbocycles. The van der Waals surface area contributed by atoms with Crippen molar-refractivity contribution in [1.82, 2.24) is 4.90 Å². The summed E-state index contributed by atoms with van der Waals surface area (Å²) >= 11 is 0. The summed E-state index contributed by atoms with van der Waals surface area (Å²) in [6.45, 7) is -0.291. The Morgan fingerprint density at radius 1 is 1.27 bits per heavy atom. The topological polar surface area (TPSA) is 84.2 Å². The molecule has 11 heavy (non-hydrogen) atoms. The third kappa shape index (κ3) is 1.52. The average molecular weight is 163 g/mol. The molecule has 0 amide bonds. The molecule has 3 atom stereocenters. The lowest BCUT2D eigenvalue weighted by atomic mass is 10.1. The molecule has 5 nitrogen and oxygen atoms in total. The van der Waals surface area contributed by atoms with E-state index in [0.29, 0.717) is 0 Å². The van der Waals surface area contributed by atoms with E-state index in [2.05, 4.69) is 0 Å². The predicted molar refractivity (Wildman–Crippen MR) is 36.7 cm³/mol. The fraction of sp³-hybridized carbons (Fsp3) is 1.00. The summed E-state index contributed by atoms with van der Waals surface area (Å²) in [6, 6.07) is -0.532. The number of likely N-dealkylation sites (tertiary alicyclic amines) is 1. The van der Waals surface area contributed by atoms with Crippen molar-refractivity contribution in [2.24, 2.45) is 0 Å². The summed E-state index contributed by atoms with van der Waals surface area (Å²) in [5.41, 5.74) is 0. The van der Waals surface area contributed by atoms with Crippen molar-refractivity contribution in [3.05, 3.63) is 0 Å². The lowest BCUT2D eigenvalue weighted by molar-refractivity contribution is 0.00910. The van der Waals surface area contributed by atoms with Gasteiger partial charge in [-0.2, -0.15) is 0 Å². The number of rotatable bonds is 2. The van der Waals surface area contributed by atoms with E-state index in [1.807, 2.05) is 0 Å². The maximum Gasteiger partial charge on any atom is 0.0989 e. The fourth-order valence-electron chi connectivity index (χ4n) is 1.34. The third-order valence-corrected chi connectivity index (χ3v) is 2.05. The minimum absolute atomic E-state index is 0.211. The van der Waals surface area contributed by atoms with Crippen LogP contribution in [0.1, 0.15) is 0 Å². The summed E-state index contributed by atoms with van der Waals surface area (Å²) in [4.78, 5) is 1.43. The van der Waals surface area contributed by atoms with Crippen LogP contribution in [0.5, 0.6) is 0 Å². The standard InChI is InChI=1S/C6H13NO4/c8-2-4-6(11)5(10)1-7(4)3-9/h4-6,8-11H,1-3H2/t4?,5-,6-/m1/s1. The van der Waals surface area contributed by atoms with Crippen molar-refractivity contribution in [2.75, 3.05) is 19.9 Å². The molecule has 0 spiro atoms. The smallest absolute Gasteiger partial charge is 0.0989 e. The quantitative estimate of drug-likeness (QED) is 0.357. The Kier molecular flexibility index (Phi) is 2.80. The molecule has 0 saturated carbocycles. The van der Waals surface area contributed by atoms with E-state index in [0.717, 1.165) is 0 Å². The molecule has 1 saturated heterocycles. The third-order valence-electron chi connectivity index (χ3n) is 2.05. The minimum Gasteiger partial charge on any atom is -0.395 e. The first-order valence-corrected chi connectivity index (χ1v) is 3.52. The van der Waals surface area contributed by atoms with Crippen LogP contribution in [0.2, 0.25) is 0 Å². The Hall–Kier alpha value is -0.200. The Labute approximate surface area is 64.5 Å². The van der Waals surface area contributed by atoms with Gasteiger partial charge in [-0.25, -0.2) is 0 Å². The lowest BCUT2D eigenvalue weighted by Gasteiger charge is -2.20. The van der Waals surface area contributed by atoms with Crippen molar-refractivity contribution in [3.63, 3.8) is 0 Å². The van der Waals surface area contributed by atoms with Crippen LogP contribution in [0, 0.1) is 0 Å². The van der Waals surface area contributed by atoms with E-state index in [-0.39, 0.29) is 19.9 Å². The van der Waals surface area contributed by atoms with Crippen molar-refractivity contribution in [2.45, 2.75) is 18.2 Å². The van der Waals surface area contributed by atoms with Crippen LogP contribution in [0.25, 0.3) is 0 Å². The Bertz CT molecular complexity index is 132. The summed E-state index contributed by atoms with van der Waals surface area (Å²) < 4.78 is 0. The molecule has 1 heterocycles. The molecule has 0 radical (unpaired) electrons. The average Bonchev–Trinajstić information content (AvgIpc) is 2.28. The summed E-state index contributed by atoms with van der Waals surface area (Å²) in [5, 5.41) is 35.7. The molecule has 1 unspecified atom stereocenters. The molecule has 1 aliphatic rings. The van der Waals surface area contributed by atoms with E-state index < -0.39 is 18.2 Å². The minimum atomic E-state index is -0.952. The van der Waals surface area contributed by atoms with Gasteiger partial charge in [-0.1, -0.05) is 0 Å². The second kappa shape index (κ2) is 3.46. The van der Waals surface area contributed by atoms with Gasteiger partial charge >= 0.3 is 0 Å². The predicted octanol–water partition coefficient (Wildman–Crippen LogP) is -2.67. The highest BCUT2D eigenvalue weighted by molar-refractivity contribution is 4.91. The van der Waals surface area contributed by atoms with Gasteiger partial charge in [0.1, 0.15) is 0 Å². The van der Waals surface area contributed by atoms with Gasteiger partial charge < -0.3 is 20.4 Å². The van der Waals surface area contributed by atoms with Gasteiger partial charge in [0.05, 0.1) is 31.6 Å². The molecular weight excluding hydrogens is 150 g/mol. The molecular formula is C6H13NO4. The van der Waals surface area contributed by atoms with Crippen molar-refractivity contribution < 1.29 is 20.4 Å². The van der Waals surface area contributed by atoms with Crippen LogP contribution in [0.4, 0.5) is 0 Å². The number of hydrogen-bond donors (Lipinski definition) is 4. The van der Waals surface area contributed by atoms with Crippen LogP contribution in [-0.2, 0) is 0 Å². The number of aliphatic hydroxyl groups is 4. The van der Waals surface area contributed by atoms with E-state index in [4.69, 9.17) is 15.3 Å². The first-order chi connectivity index (χ1) is 5.20. The summed E-state index contributed by atoms with van der Waals surface area (Å²) in [7, 11) is 0. The number of hydrogen-bond acceptors (Lipinski definition) is 5. The summed E-state index contributed by atoms with van der Waals surface area (Å²) in [5.74, 6) is 0. The second-order valence-electron chi connectivity index (χ2n) is 2.72. The Morgan fingerprint density at radius 2 is 1.91 bits per heavy atom. The Balaban J connectivity index is 2.57. The Morgan fingerprint density at radius 3 is 2.27 bits per heavy atom. The molecule has 0 aromatic rings. The van der Waals surface area contributed by atoms with Crippen LogP contribution in [0.15, 0.2) is 0 Å². The van der Waals surface area contributed by atoms with E-state index in [1.165, 1.54) is 4.90 Å². The highest BCUT2D eigenvalue weighted by atomic mass is 16.3. The monoisotopic (exact) mass is 163 g/mol. The number of nitrogens with zero attached hydrogens (tertiary/aromatic N) is 1. The molecule has 0 aromatic carbocycles. The zero-order valence-electron chi connectivity index (χ0n) is 6.09. The van der Waals surface area contributed by atoms with E-state index in [9.17, 15) is 5.11 Å². The maximum absolute atomic E-state index is 9.20. The van der Waals surface area contributed by atoms with Gasteiger partial charge in [0.15, 0.2) is 0 Å². The second-order valence-corrected chi connectivity index (χ2v) is 2.72. The van der Waals surface area contributed by atoms with Crippen LogP contribution < -0.4 is 0 Å². The normalized spacial score (nSPS) is 39.8. The molecule has 4 N–H and O–H groups in total. The largest absolute Gasteiger partial charge is 0.395 e. The van der Waals surface area contributed by atoms with Crippen molar-refractivity contribution in [1.29, 1.82) is 0 Å². The van der Waals surface area contributed by atoms with Crippen LogP contribution >= 0.6 is 0 Å². The maximum atomic E-state index is 9.20. The lowest BCUT2D eigenvalue weighted by Crippen LogP contribution is -2.39. The van der Waals surface area contributed by atoms with Gasteiger partial charge in [-0.05, 0) is 0 Å². The first kappa shape index (κ1) is 8.89. The van der Waals surface area contributed by atoms with Crippen LogP contribution in [-0.4, -0.2) is 63.5 Å². The van der Waals surface area contributed by atoms with Crippen molar-refractivity contribution >= 4 is 0 Å².